The fourth-order valence-electron chi connectivity index (χ4n) is 2.85. The molecule has 1 aliphatic rings. The summed E-state index contributed by atoms with van der Waals surface area (Å²) in [6, 6.07) is 16.0. The smallest absolute Gasteiger partial charge is 0.225 e. The predicted molar refractivity (Wildman–Crippen MR) is 93.9 cm³/mol. The number of piperazine rings is 1. The highest BCUT2D eigenvalue weighted by Gasteiger charge is 2.20. The van der Waals surface area contributed by atoms with Crippen molar-refractivity contribution in [2.24, 2.45) is 0 Å². The van der Waals surface area contributed by atoms with E-state index in [0.29, 0.717) is 0 Å². The molecule has 0 N–H and O–H groups in total. The maximum absolute atomic E-state index is 4.40. The van der Waals surface area contributed by atoms with Crippen LogP contribution in [0.3, 0.4) is 0 Å². The average Bonchev–Trinajstić information content (AvgIpc) is 2.70. The van der Waals surface area contributed by atoms with Crippen molar-refractivity contribution in [2.45, 2.75) is 0 Å². The molecule has 3 heterocycles. The molecule has 1 aromatic carbocycles. The normalized spacial score (nSPS) is 14.7. The van der Waals surface area contributed by atoms with Crippen LogP contribution in [0.4, 0.5) is 11.8 Å². The quantitative estimate of drug-likeness (QED) is 0.738. The summed E-state index contributed by atoms with van der Waals surface area (Å²) in [7, 11) is 0. The van der Waals surface area contributed by atoms with Crippen molar-refractivity contribution in [3.8, 4) is 11.3 Å². The summed E-state index contributed by atoms with van der Waals surface area (Å²) in [5.74, 6) is 1.71. The Bertz CT molecular complexity index is 768. The van der Waals surface area contributed by atoms with Gasteiger partial charge in [-0.2, -0.15) is 0 Å². The fourth-order valence-corrected chi connectivity index (χ4v) is 2.85. The largest absolute Gasteiger partial charge is 0.352 e. The predicted octanol–water partition coefficient (Wildman–Crippen LogP) is 2.26. The van der Waals surface area contributed by atoms with Crippen molar-refractivity contribution in [1.82, 2.24) is 20.2 Å². The molecule has 0 saturated carbocycles. The molecule has 0 unspecified atom stereocenters. The summed E-state index contributed by atoms with van der Waals surface area (Å²) in [6.45, 7) is 3.54. The minimum absolute atomic E-state index is 0.794. The van der Waals surface area contributed by atoms with Gasteiger partial charge in [-0.05, 0) is 18.2 Å². The zero-order chi connectivity index (χ0) is 16.2. The van der Waals surface area contributed by atoms with Crippen LogP contribution in [0.15, 0.2) is 60.9 Å². The van der Waals surface area contributed by atoms with Crippen molar-refractivity contribution in [2.75, 3.05) is 36.0 Å². The number of nitrogens with zero attached hydrogens (tertiary/aromatic N) is 6. The van der Waals surface area contributed by atoms with Crippen LogP contribution in [0.25, 0.3) is 11.3 Å². The van der Waals surface area contributed by atoms with E-state index in [1.807, 2.05) is 48.5 Å². The molecule has 3 aromatic rings. The third-order valence-electron chi connectivity index (χ3n) is 4.16. The molecule has 0 atom stereocenters. The summed E-state index contributed by atoms with van der Waals surface area (Å²) in [6.07, 6.45) is 3.56. The molecule has 0 radical (unpaired) electrons. The topological polar surface area (TPSA) is 58.0 Å². The number of anilines is 2. The molecule has 0 amide bonds. The molecule has 24 heavy (non-hydrogen) atoms. The van der Waals surface area contributed by atoms with Gasteiger partial charge in [0.2, 0.25) is 5.95 Å². The van der Waals surface area contributed by atoms with Gasteiger partial charge in [-0.3, -0.25) is 0 Å². The number of aromatic nitrogens is 4. The highest BCUT2D eigenvalue weighted by atomic mass is 15.3. The van der Waals surface area contributed by atoms with E-state index >= 15 is 0 Å². The summed E-state index contributed by atoms with van der Waals surface area (Å²) in [4.78, 5) is 13.1. The second kappa shape index (κ2) is 6.62. The molecular weight excluding hydrogens is 300 g/mol. The van der Waals surface area contributed by atoms with Crippen LogP contribution in [0.5, 0.6) is 0 Å². The van der Waals surface area contributed by atoms with Gasteiger partial charge in [0.05, 0.1) is 5.69 Å². The van der Waals surface area contributed by atoms with E-state index < -0.39 is 0 Å². The molecule has 1 aliphatic heterocycles. The van der Waals surface area contributed by atoms with E-state index in [1.54, 1.807) is 12.4 Å². The zero-order valence-corrected chi connectivity index (χ0v) is 13.3. The SMILES string of the molecule is c1ccc(-c2ccc(N3CCN(c4ncccn4)CC3)nn2)cc1. The van der Waals surface area contributed by atoms with Gasteiger partial charge < -0.3 is 9.80 Å². The van der Waals surface area contributed by atoms with Gasteiger partial charge in [-0.1, -0.05) is 30.3 Å². The van der Waals surface area contributed by atoms with Crippen LogP contribution < -0.4 is 9.80 Å². The summed E-state index contributed by atoms with van der Waals surface area (Å²) < 4.78 is 0. The van der Waals surface area contributed by atoms with E-state index in [2.05, 4.69) is 30.0 Å². The van der Waals surface area contributed by atoms with Gasteiger partial charge in [-0.15, -0.1) is 10.2 Å². The second-order valence-corrected chi connectivity index (χ2v) is 5.67. The van der Waals surface area contributed by atoms with Crippen molar-refractivity contribution in [3.63, 3.8) is 0 Å². The molecule has 0 aliphatic carbocycles. The van der Waals surface area contributed by atoms with Crippen LogP contribution in [0, 0.1) is 0 Å². The summed E-state index contributed by atoms with van der Waals surface area (Å²) in [5.41, 5.74) is 1.98. The molecule has 6 heteroatoms. The van der Waals surface area contributed by atoms with E-state index in [0.717, 1.165) is 49.2 Å². The number of benzene rings is 1. The molecule has 4 rings (SSSR count). The minimum Gasteiger partial charge on any atom is -0.352 e. The molecule has 120 valence electrons. The Labute approximate surface area is 140 Å². The lowest BCUT2D eigenvalue weighted by atomic mass is 10.1. The Morgan fingerprint density at radius 2 is 1.38 bits per heavy atom. The molecule has 0 bridgehead atoms. The summed E-state index contributed by atoms with van der Waals surface area (Å²) in [5, 5.41) is 8.77. The maximum atomic E-state index is 4.40. The van der Waals surface area contributed by atoms with E-state index in [9.17, 15) is 0 Å². The van der Waals surface area contributed by atoms with Gasteiger partial charge >= 0.3 is 0 Å². The first-order valence-corrected chi connectivity index (χ1v) is 8.06. The van der Waals surface area contributed by atoms with Crippen LogP contribution in [0.2, 0.25) is 0 Å². The molecule has 1 saturated heterocycles. The zero-order valence-electron chi connectivity index (χ0n) is 13.3. The number of rotatable bonds is 3. The Balaban J connectivity index is 1.43. The van der Waals surface area contributed by atoms with Crippen molar-refractivity contribution < 1.29 is 0 Å². The molecular formula is C18H18N6. The van der Waals surface area contributed by atoms with Crippen LogP contribution in [0.1, 0.15) is 0 Å². The Morgan fingerprint density at radius 3 is 2.04 bits per heavy atom. The average molecular weight is 318 g/mol. The lowest BCUT2D eigenvalue weighted by Gasteiger charge is -2.35. The monoisotopic (exact) mass is 318 g/mol. The first-order valence-electron chi connectivity index (χ1n) is 8.06. The Hall–Kier alpha value is -3.02. The number of hydrogen-bond acceptors (Lipinski definition) is 6. The third-order valence-corrected chi connectivity index (χ3v) is 4.16. The Morgan fingerprint density at radius 1 is 0.667 bits per heavy atom. The lowest BCUT2D eigenvalue weighted by Crippen LogP contribution is -2.47. The lowest BCUT2D eigenvalue weighted by molar-refractivity contribution is 0.631. The Kier molecular flexibility index (Phi) is 4.02. The molecule has 6 nitrogen and oxygen atoms in total. The molecule has 2 aromatic heterocycles. The maximum Gasteiger partial charge on any atom is 0.225 e. The van der Waals surface area contributed by atoms with E-state index in [1.165, 1.54) is 0 Å². The van der Waals surface area contributed by atoms with Crippen LogP contribution >= 0.6 is 0 Å². The first kappa shape index (κ1) is 14.6. The van der Waals surface area contributed by atoms with Crippen molar-refractivity contribution >= 4 is 11.8 Å². The minimum atomic E-state index is 0.794. The standard InChI is InChI=1S/C18H18N6/c1-2-5-15(6-3-1)16-7-8-17(22-21-16)23-11-13-24(14-12-23)18-19-9-4-10-20-18/h1-10H,11-14H2. The fraction of sp³-hybridized carbons (Fsp3) is 0.222. The van der Waals surface area contributed by atoms with Crippen molar-refractivity contribution in [3.05, 3.63) is 60.9 Å². The molecule has 0 spiro atoms. The van der Waals surface area contributed by atoms with Gasteiger partial charge in [0.25, 0.3) is 0 Å². The van der Waals surface area contributed by atoms with Gasteiger partial charge in [-0.25, -0.2) is 9.97 Å². The highest BCUT2D eigenvalue weighted by molar-refractivity contribution is 5.59. The molecule has 1 fully saturated rings. The number of hydrogen-bond donors (Lipinski definition) is 0. The van der Waals surface area contributed by atoms with Crippen molar-refractivity contribution in [1.29, 1.82) is 0 Å². The van der Waals surface area contributed by atoms with E-state index in [-0.39, 0.29) is 0 Å². The second-order valence-electron chi connectivity index (χ2n) is 5.67. The van der Waals surface area contributed by atoms with Crippen LogP contribution in [-0.4, -0.2) is 46.3 Å². The van der Waals surface area contributed by atoms with Crippen LogP contribution in [-0.2, 0) is 0 Å². The third kappa shape index (κ3) is 3.03. The summed E-state index contributed by atoms with van der Waals surface area (Å²) >= 11 is 0. The highest BCUT2D eigenvalue weighted by Crippen LogP contribution is 2.19. The van der Waals surface area contributed by atoms with Gasteiger partial charge in [0.15, 0.2) is 5.82 Å². The van der Waals surface area contributed by atoms with Gasteiger partial charge in [0, 0.05) is 44.1 Å². The van der Waals surface area contributed by atoms with E-state index in [4.69, 9.17) is 0 Å². The van der Waals surface area contributed by atoms with Gasteiger partial charge in [0.1, 0.15) is 0 Å². The first-order chi connectivity index (χ1) is 11.9.